The average molecular weight is 549 g/mol. The van der Waals surface area contributed by atoms with Gasteiger partial charge in [0.1, 0.15) is 6.04 Å². The Morgan fingerprint density at radius 2 is 1.49 bits per heavy atom. The lowest BCUT2D eigenvalue weighted by Crippen LogP contribution is -2.48. The third kappa shape index (κ3) is 6.18. The van der Waals surface area contributed by atoms with Crippen LogP contribution < -0.4 is 27.4 Å². The highest BCUT2D eigenvalue weighted by Gasteiger charge is 2.22. The summed E-state index contributed by atoms with van der Waals surface area (Å²) in [5.74, 6) is -0.672. The van der Waals surface area contributed by atoms with E-state index in [-0.39, 0.29) is 35.8 Å². The Kier molecular flexibility index (Phi) is 8.50. The second kappa shape index (κ2) is 12.6. The van der Waals surface area contributed by atoms with E-state index in [9.17, 15) is 19.2 Å². The van der Waals surface area contributed by atoms with Gasteiger partial charge >= 0.3 is 0 Å². The SMILES string of the molecule is NCCCNC(=O)C(Cc1ccc2ccccc2c1)NC(=O)CCn1c(=O)c2ccccc2c(=O)c2ccccc21. The fraction of sp³-hybridized carbons (Fsp3) is 0.212. The zero-order valence-corrected chi connectivity index (χ0v) is 22.6. The third-order valence-corrected chi connectivity index (χ3v) is 7.23. The van der Waals surface area contributed by atoms with Crippen LogP contribution in [0.5, 0.6) is 0 Å². The summed E-state index contributed by atoms with van der Waals surface area (Å²) in [4.78, 5) is 53.1. The quantitative estimate of drug-likeness (QED) is 0.231. The maximum atomic E-state index is 13.6. The summed E-state index contributed by atoms with van der Waals surface area (Å²) in [6.45, 7) is 0.895. The summed E-state index contributed by atoms with van der Waals surface area (Å²) in [6.07, 6.45) is 0.873. The molecule has 1 heterocycles. The number of fused-ring (bicyclic) bond motifs is 3. The average Bonchev–Trinajstić information content (AvgIpc) is 3.08. The molecule has 5 rings (SSSR count). The summed E-state index contributed by atoms with van der Waals surface area (Å²) in [6, 6.07) is 26.7. The van der Waals surface area contributed by atoms with Gasteiger partial charge in [0.05, 0.1) is 10.9 Å². The Bertz CT molecular complexity index is 1860. The normalized spacial score (nSPS) is 11.9. The van der Waals surface area contributed by atoms with Crippen molar-refractivity contribution in [2.75, 3.05) is 13.1 Å². The minimum Gasteiger partial charge on any atom is -0.354 e. The fourth-order valence-electron chi connectivity index (χ4n) is 5.12. The molecule has 0 saturated heterocycles. The molecule has 2 amide bonds. The second-order valence-electron chi connectivity index (χ2n) is 10.0. The first-order chi connectivity index (χ1) is 20.0. The van der Waals surface area contributed by atoms with Crippen molar-refractivity contribution >= 4 is 44.3 Å². The van der Waals surface area contributed by atoms with Gasteiger partial charge in [0.15, 0.2) is 5.43 Å². The molecule has 0 aliphatic rings. The molecule has 0 saturated carbocycles. The molecule has 0 spiro atoms. The largest absolute Gasteiger partial charge is 0.354 e. The van der Waals surface area contributed by atoms with Gasteiger partial charge in [-0.25, -0.2) is 0 Å². The molecule has 208 valence electrons. The van der Waals surface area contributed by atoms with Crippen LogP contribution in [0, 0.1) is 0 Å². The van der Waals surface area contributed by atoms with Crippen molar-refractivity contribution in [3.8, 4) is 0 Å². The van der Waals surface area contributed by atoms with Crippen LogP contribution in [0.15, 0.2) is 101 Å². The van der Waals surface area contributed by atoms with Crippen molar-refractivity contribution in [3.05, 3.63) is 117 Å². The maximum absolute atomic E-state index is 13.6. The Labute approximate surface area is 236 Å². The zero-order valence-electron chi connectivity index (χ0n) is 22.6. The predicted molar refractivity (Wildman–Crippen MR) is 163 cm³/mol. The molecule has 1 aromatic heterocycles. The summed E-state index contributed by atoms with van der Waals surface area (Å²) in [5.41, 5.74) is 6.36. The van der Waals surface area contributed by atoms with Crippen LogP contribution in [0.3, 0.4) is 0 Å². The van der Waals surface area contributed by atoms with E-state index in [1.54, 1.807) is 48.5 Å². The van der Waals surface area contributed by atoms with Gasteiger partial charge in [-0.05, 0) is 47.5 Å². The van der Waals surface area contributed by atoms with E-state index >= 15 is 0 Å². The van der Waals surface area contributed by atoms with Gasteiger partial charge in [0, 0.05) is 36.7 Å². The van der Waals surface area contributed by atoms with Crippen molar-refractivity contribution in [1.29, 1.82) is 0 Å². The molecular weight excluding hydrogens is 516 g/mol. The van der Waals surface area contributed by atoms with Crippen LogP contribution >= 0.6 is 0 Å². The van der Waals surface area contributed by atoms with E-state index in [0.29, 0.717) is 47.6 Å². The van der Waals surface area contributed by atoms with E-state index in [4.69, 9.17) is 5.73 Å². The van der Waals surface area contributed by atoms with E-state index in [1.807, 2.05) is 42.5 Å². The van der Waals surface area contributed by atoms with Crippen molar-refractivity contribution in [1.82, 2.24) is 15.2 Å². The molecule has 1 unspecified atom stereocenters. The van der Waals surface area contributed by atoms with Gasteiger partial charge < -0.3 is 20.9 Å². The van der Waals surface area contributed by atoms with Gasteiger partial charge in [0.25, 0.3) is 5.56 Å². The van der Waals surface area contributed by atoms with Crippen molar-refractivity contribution in [2.24, 2.45) is 5.73 Å². The first-order valence-electron chi connectivity index (χ1n) is 13.8. The fourth-order valence-corrected chi connectivity index (χ4v) is 5.12. The monoisotopic (exact) mass is 548 g/mol. The molecule has 4 N–H and O–H groups in total. The van der Waals surface area contributed by atoms with E-state index < -0.39 is 6.04 Å². The Morgan fingerprint density at radius 3 is 2.27 bits per heavy atom. The highest BCUT2D eigenvalue weighted by molar-refractivity contribution is 5.91. The Hall–Kier alpha value is -4.82. The number of aryl methyl sites for hydroxylation is 1. The van der Waals surface area contributed by atoms with Crippen LogP contribution in [0.1, 0.15) is 18.4 Å². The van der Waals surface area contributed by atoms with Crippen LogP contribution in [-0.4, -0.2) is 35.5 Å². The highest BCUT2D eigenvalue weighted by Crippen LogP contribution is 2.17. The molecule has 0 bridgehead atoms. The lowest BCUT2D eigenvalue weighted by atomic mass is 10.0. The number of nitrogens with two attached hydrogens (primary N) is 1. The van der Waals surface area contributed by atoms with Crippen molar-refractivity contribution in [2.45, 2.75) is 31.8 Å². The first-order valence-corrected chi connectivity index (χ1v) is 13.8. The number of carbonyl (C=O) groups excluding carboxylic acids is 2. The molecule has 41 heavy (non-hydrogen) atoms. The van der Waals surface area contributed by atoms with Gasteiger partial charge in [-0.15, -0.1) is 0 Å². The molecule has 0 fully saturated rings. The molecule has 8 heteroatoms. The molecule has 0 aliphatic carbocycles. The van der Waals surface area contributed by atoms with Crippen molar-refractivity contribution < 1.29 is 9.59 Å². The summed E-state index contributed by atoms with van der Waals surface area (Å²) >= 11 is 0. The smallest absolute Gasteiger partial charge is 0.259 e. The van der Waals surface area contributed by atoms with E-state index in [1.165, 1.54) is 4.57 Å². The standard InChI is InChI=1S/C33H32N4O4/c34-17-7-18-35-32(40)28(21-22-14-15-23-8-1-2-9-24(23)20-22)36-30(38)16-19-37-29-13-6-5-12-27(29)31(39)25-10-3-4-11-26(25)33(37)41/h1-6,8-15,20,28H,7,16-19,21,34H2,(H,35,40)(H,36,38). The number of aromatic nitrogens is 1. The molecule has 1 atom stereocenters. The number of hydrogen-bond acceptors (Lipinski definition) is 5. The third-order valence-electron chi connectivity index (χ3n) is 7.23. The lowest BCUT2D eigenvalue weighted by Gasteiger charge is -2.19. The lowest BCUT2D eigenvalue weighted by molar-refractivity contribution is -0.129. The maximum Gasteiger partial charge on any atom is 0.259 e. The summed E-state index contributed by atoms with van der Waals surface area (Å²) in [5, 5.41) is 8.90. The second-order valence-corrected chi connectivity index (χ2v) is 10.0. The molecule has 4 aromatic carbocycles. The van der Waals surface area contributed by atoms with Gasteiger partial charge in [-0.3, -0.25) is 19.2 Å². The molecule has 0 aliphatic heterocycles. The topological polar surface area (TPSA) is 123 Å². The summed E-state index contributed by atoms with van der Waals surface area (Å²) < 4.78 is 1.47. The summed E-state index contributed by atoms with van der Waals surface area (Å²) in [7, 11) is 0. The van der Waals surface area contributed by atoms with Crippen LogP contribution in [0.25, 0.3) is 32.4 Å². The number of hydrogen-bond donors (Lipinski definition) is 3. The number of benzene rings is 4. The van der Waals surface area contributed by atoms with E-state index in [2.05, 4.69) is 10.6 Å². The van der Waals surface area contributed by atoms with Gasteiger partial charge in [-0.1, -0.05) is 72.8 Å². The number of amides is 2. The Balaban J connectivity index is 1.40. The number of carbonyl (C=O) groups is 2. The van der Waals surface area contributed by atoms with Crippen LogP contribution in [0.2, 0.25) is 0 Å². The highest BCUT2D eigenvalue weighted by atomic mass is 16.2. The number of nitrogens with zero attached hydrogens (tertiary/aromatic N) is 1. The molecule has 8 nitrogen and oxygen atoms in total. The van der Waals surface area contributed by atoms with Gasteiger partial charge in [-0.2, -0.15) is 0 Å². The van der Waals surface area contributed by atoms with E-state index in [0.717, 1.165) is 16.3 Å². The number of rotatable bonds is 10. The molecular formula is C33H32N4O4. The zero-order chi connectivity index (χ0) is 28.8. The Morgan fingerprint density at radius 1 is 0.805 bits per heavy atom. The minimum atomic E-state index is -0.809. The number of para-hydroxylation sites is 1. The van der Waals surface area contributed by atoms with Crippen molar-refractivity contribution in [3.63, 3.8) is 0 Å². The number of nitrogens with one attached hydrogen (secondary N) is 2. The molecule has 5 aromatic rings. The van der Waals surface area contributed by atoms with Gasteiger partial charge in [0.2, 0.25) is 11.8 Å². The molecule has 0 radical (unpaired) electrons. The van der Waals surface area contributed by atoms with Crippen LogP contribution in [0.4, 0.5) is 0 Å². The first kappa shape index (κ1) is 27.7. The predicted octanol–water partition coefficient (Wildman–Crippen LogP) is 3.25. The minimum absolute atomic E-state index is 0.0424. The van der Waals surface area contributed by atoms with Crippen LogP contribution in [-0.2, 0) is 22.6 Å².